The summed E-state index contributed by atoms with van der Waals surface area (Å²) in [6.07, 6.45) is 0. The molecule has 0 radical (unpaired) electrons. The minimum absolute atomic E-state index is 0.863. The molecule has 0 amide bonds. The van der Waals surface area contributed by atoms with Crippen molar-refractivity contribution in [2.24, 2.45) is 0 Å². The van der Waals surface area contributed by atoms with E-state index in [1.165, 1.54) is 43.2 Å². The second-order valence-corrected chi connectivity index (χ2v) is 18.6. The number of benzene rings is 9. The molecule has 0 aliphatic carbocycles. The molecular formula is C54H38N2OSi. The van der Waals surface area contributed by atoms with Crippen LogP contribution in [-0.4, -0.2) is 8.07 Å². The summed E-state index contributed by atoms with van der Waals surface area (Å²) in [5.41, 5.74) is 10.8. The smallest absolute Gasteiger partial charge is 0.184 e. The lowest BCUT2D eigenvalue weighted by Gasteiger charge is -2.45. The van der Waals surface area contributed by atoms with Crippen LogP contribution in [0.15, 0.2) is 235 Å². The van der Waals surface area contributed by atoms with Gasteiger partial charge in [-0.3, -0.25) is 0 Å². The van der Waals surface area contributed by atoms with Gasteiger partial charge in [-0.2, -0.15) is 0 Å². The van der Waals surface area contributed by atoms with Gasteiger partial charge in [0, 0.05) is 51.0 Å². The zero-order chi connectivity index (χ0) is 38.5. The number of nitrogens with zero attached hydrogens (tertiary/aromatic N) is 2. The monoisotopic (exact) mass is 758 g/mol. The molecule has 0 unspecified atom stereocenters. The van der Waals surface area contributed by atoms with E-state index in [2.05, 4.69) is 228 Å². The normalized spacial score (nSPS) is 12.9. The lowest BCUT2D eigenvalue weighted by molar-refractivity contribution is 0.669. The zero-order valence-corrected chi connectivity index (χ0v) is 32.7. The number of para-hydroxylation sites is 3. The van der Waals surface area contributed by atoms with Crippen molar-refractivity contribution in [3.8, 4) is 11.1 Å². The standard InChI is InChI=1S/C54H38N2OSi/c1-5-17-39(18-6-1)40-29-31-42(32-30-40)55(44-33-35-48-47-25-13-15-27-51(47)57-52(48)38-44)43-34-36-54-50(37-43)56(41-19-7-2-8-20-41)49-26-14-16-28-53(49)58(54,45-21-9-3-10-22-45)46-23-11-4-12-24-46/h1-38H. The highest BCUT2D eigenvalue weighted by Crippen LogP contribution is 2.44. The van der Waals surface area contributed by atoms with Crippen molar-refractivity contribution in [2.75, 3.05) is 9.80 Å². The Labute approximate surface area is 339 Å². The van der Waals surface area contributed by atoms with Gasteiger partial charge in [0.05, 0.1) is 0 Å². The van der Waals surface area contributed by atoms with Crippen molar-refractivity contribution in [3.63, 3.8) is 0 Å². The van der Waals surface area contributed by atoms with Crippen molar-refractivity contribution < 1.29 is 4.42 Å². The molecule has 0 spiro atoms. The van der Waals surface area contributed by atoms with Gasteiger partial charge in [-0.05, 0) is 92.5 Å². The van der Waals surface area contributed by atoms with E-state index in [4.69, 9.17) is 4.42 Å². The summed E-state index contributed by atoms with van der Waals surface area (Å²) in [4.78, 5) is 4.85. The van der Waals surface area contributed by atoms with Crippen LogP contribution in [0.5, 0.6) is 0 Å². The first-order valence-corrected chi connectivity index (χ1v) is 21.8. The molecule has 3 nitrogen and oxygen atoms in total. The van der Waals surface area contributed by atoms with Gasteiger partial charge < -0.3 is 14.2 Å². The molecule has 0 N–H and O–H groups in total. The number of furan rings is 1. The van der Waals surface area contributed by atoms with Gasteiger partial charge in [0.1, 0.15) is 11.2 Å². The molecular weight excluding hydrogens is 721 g/mol. The van der Waals surface area contributed by atoms with Gasteiger partial charge in [-0.15, -0.1) is 0 Å². The predicted molar refractivity (Wildman–Crippen MR) is 246 cm³/mol. The molecule has 0 atom stereocenters. The van der Waals surface area contributed by atoms with Crippen LogP contribution in [0.1, 0.15) is 0 Å². The number of hydrogen-bond acceptors (Lipinski definition) is 3. The summed E-state index contributed by atoms with van der Waals surface area (Å²) >= 11 is 0. The van der Waals surface area contributed by atoms with Crippen LogP contribution >= 0.6 is 0 Å². The van der Waals surface area contributed by atoms with Gasteiger partial charge in [0.2, 0.25) is 0 Å². The minimum atomic E-state index is -2.84. The predicted octanol–water partition coefficient (Wildman–Crippen LogP) is 11.9. The maximum atomic E-state index is 6.49. The first-order chi connectivity index (χ1) is 28.8. The van der Waals surface area contributed by atoms with Crippen LogP contribution in [0.4, 0.5) is 34.1 Å². The Balaban J connectivity index is 1.18. The van der Waals surface area contributed by atoms with E-state index in [1.54, 1.807) is 0 Å². The van der Waals surface area contributed by atoms with E-state index in [0.29, 0.717) is 0 Å². The molecule has 0 saturated carbocycles. The summed E-state index contributed by atoms with van der Waals surface area (Å²) in [5.74, 6) is 0. The molecule has 0 bridgehead atoms. The maximum Gasteiger partial charge on any atom is 0.184 e. The van der Waals surface area contributed by atoms with Gasteiger partial charge in [0.15, 0.2) is 8.07 Å². The molecule has 1 aromatic heterocycles. The average Bonchev–Trinajstić information content (AvgIpc) is 3.68. The lowest BCUT2D eigenvalue weighted by atomic mass is 10.0. The Hall–Kier alpha value is -7.40. The summed E-state index contributed by atoms with van der Waals surface area (Å²) in [6.45, 7) is 0. The van der Waals surface area contributed by atoms with Gasteiger partial charge in [-0.25, -0.2) is 0 Å². The maximum absolute atomic E-state index is 6.49. The molecule has 11 rings (SSSR count). The van der Waals surface area contributed by atoms with Crippen molar-refractivity contribution in [2.45, 2.75) is 0 Å². The second kappa shape index (κ2) is 14.0. The first-order valence-electron chi connectivity index (χ1n) is 19.8. The number of fused-ring (bicyclic) bond motifs is 5. The van der Waals surface area contributed by atoms with Crippen molar-refractivity contribution in [3.05, 3.63) is 231 Å². The van der Waals surface area contributed by atoms with Gasteiger partial charge in [-0.1, -0.05) is 164 Å². The Morgan fingerprint density at radius 2 is 0.879 bits per heavy atom. The fraction of sp³-hybridized carbons (Fsp3) is 0. The highest BCUT2D eigenvalue weighted by Gasteiger charge is 2.49. The van der Waals surface area contributed by atoms with E-state index in [9.17, 15) is 0 Å². The van der Waals surface area contributed by atoms with E-state index < -0.39 is 8.07 Å². The number of rotatable bonds is 7. The second-order valence-electron chi connectivity index (χ2n) is 14.9. The van der Waals surface area contributed by atoms with Gasteiger partial charge in [0.25, 0.3) is 0 Å². The van der Waals surface area contributed by atoms with E-state index in [0.717, 1.165) is 44.7 Å². The third-order valence-corrected chi connectivity index (χ3v) is 16.6. The Bertz CT molecular complexity index is 3020. The largest absolute Gasteiger partial charge is 0.456 e. The SMILES string of the molecule is c1ccc(-c2ccc(N(c3ccc4c(c3)N(c3ccccc3)c3ccccc3[Si]4(c3ccccc3)c3ccccc3)c3ccc4c(c3)oc3ccccc34)cc2)cc1. The summed E-state index contributed by atoms with van der Waals surface area (Å²) in [7, 11) is -2.84. The quantitative estimate of drug-likeness (QED) is 0.151. The molecule has 2 heterocycles. The average molecular weight is 759 g/mol. The topological polar surface area (TPSA) is 19.6 Å². The molecule has 58 heavy (non-hydrogen) atoms. The van der Waals surface area contributed by atoms with E-state index in [1.807, 2.05) is 12.1 Å². The first kappa shape index (κ1) is 33.9. The lowest BCUT2D eigenvalue weighted by Crippen LogP contribution is -2.77. The molecule has 1 aliphatic rings. The summed E-state index contributed by atoms with van der Waals surface area (Å²) < 4.78 is 6.49. The van der Waals surface area contributed by atoms with Gasteiger partial charge >= 0.3 is 0 Å². The highest BCUT2D eigenvalue weighted by atomic mass is 28.3. The van der Waals surface area contributed by atoms with Crippen LogP contribution in [0.3, 0.4) is 0 Å². The Morgan fingerprint density at radius 3 is 1.60 bits per heavy atom. The van der Waals surface area contributed by atoms with Crippen LogP contribution in [-0.2, 0) is 0 Å². The number of hydrogen-bond donors (Lipinski definition) is 0. The fourth-order valence-electron chi connectivity index (χ4n) is 9.18. The summed E-state index contributed by atoms with van der Waals surface area (Å²) in [6, 6.07) is 83.9. The van der Waals surface area contributed by atoms with Crippen molar-refractivity contribution in [1.82, 2.24) is 0 Å². The molecule has 10 aromatic rings. The molecule has 0 fully saturated rings. The molecule has 1 aliphatic heterocycles. The van der Waals surface area contributed by atoms with Crippen LogP contribution in [0.25, 0.3) is 33.1 Å². The van der Waals surface area contributed by atoms with Crippen LogP contribution in [0, 0.1) is 0 Å². The third kappa shape index (κ3) is 5.41. The molecule has 4 heteroatoms. The summed E-state index contributed by atoms with van der Waals surface area (Å²) in [5, 5.41) is 7.68. The highest BCUT2D eigenvalue weighted by molar-refractivity contribution is 7.21. The molecule has 274 valence electrons. The number of anilines is 6. The van der Waals surface area contributed by atoms with E-state index in [-0.39, 0.29) is 0 Å². The van der Waals surface area contributed by atoms with Crippen molar-refractivity contribution in [1.29, 1.82) is 0 Å². The van der Waals surface area contributed by atoms with Crippen molar-refractivity contribution >= 4 is 84.9 Å². The minimum Gasteiger partial charge on any atom is -0.456 e. The van der Waals surface area contributed by atoms with E-state index >= 15 is 0 Å². The third-order valence-electron chi connectivity index (χ3n) is 11.7. The molecule has 0 saturated heterocycles. The Kier molecular flexibility index (Phi) is 8.16. The zero-order valence-electron chi connectivity index (χ0n) is 31.7. The fourth-order valence-corrected chi connectivity index (χ4v) is 14.3. The van der Waals surface area contributed by atoms with Crippen LogP contribution in [0.2, 0.25) is 0 Å². The Morgan fingerprint density at radius 1 is 0.362 bits per heavy atom. The molecule has 9 aromatic carbocycles. The van der Waals surface area contributed by atoms with Crippen LogP contribution < -0.4 is 30.5 Å².